The molecule has 1 aromatic rings. The van der Waals surface area contributed by atoms with Gasteiger partial charge in [-0.25, -0.2) is 4.79 Å². The van der Waals surface area contributed by atoms with Crippen LogP contribution in [0.1, 0.15) is 26.3 Å². The Morgan fingerprint density at radius 2 is 2.12 bits per heavy atom. The molecule has 1 amide bonds. The molecular weight excluding hydrogens is 230 g/mol. The number of carboxylic acids is 1. The van der Waals surface area contributed by atoms with Crippen LogP contribution >= 0.6 is 11.3 Å². The first kappa shape index (κ1) is 12.7. The minimum absolute atomic E-state index is 0.104. The van der Waals surface area contributed by atoms with Gasteiger partial charge in [0.2, 0.25) is 0 Å². The fourth-order valence-corrected chi connectivity index (χ4v) is 1.91. The minimum atomic E-state index is -1.02. The lowest BCUT2D eigenvalue weighted by atomic mass is 10.3. The van der Waals surface area contributed by atoms with Crippen molar-refractivity contribution in [1.82, 2.24) is 5.32 Å². The summed E-state index contributed by atoms with van der Waals surface area (Å²) in [5.41, 5.74) is 0. The molecule has 0 saturated heterocycles. The number of rotatable bonds is 5. The van der Waals surface area contributed by atoms with Crippen molar-refractivity contribution >= 4 is 23.2 Å². The topological polar surface area (TPSA) is 75.6 Å². The van der Waals surface area contributed by atoms with Gasteiger partial charge in [0.05, 0.1) is 11.5 Å². The Kier molecular flexibility index (Phi) is 4.45. The standard InChI is InChI=1S/C10H13NO4S/c1-6(5-15-2)11-9(12)7-3-4-8(16-7)10(13)14/h3-4,6H,5H2,1-2H3,(H,11,12)(H,13,14). The highest BCUT2D eigenvalue weighted by Crippen LogP contribution is 2.16. The number of amides is 1. The van der Waals surface area contributed by atoms with Gasteiger partial charge in [0, 0.05) is 13.2 Å². The Bertz CT molecular complexity index is 388. The van der Waals surface area contributed by atoms with Crippen molar-refractivity contribution in [3.8, 4) is 0 Å². The number of hydrogen-bond donors (Lipinski definition) is 2. The van der Waals surface area contributed by atoms with Crippen molar-refractivity contribution in [2.24, 2.45) is 0 Å². The second-order valence-electron chi connectivity index (χ2n) is 3.30. The Balaban J connectivity index is 2.62. The number of aromatic carboxylic acids is 1. The van der Waals surface area contributed by atoms with E-state index in [1.54, 1.807) is 7.11 Å². The van der Waals surface area contributed by atoms with Gasteiger partial charge in [-0.3, -0.25) is 4.79 Å². The van der Waals surface area contributed by atoms with Gasteiger partial charge in [-0.05, 0) is 19.1 Å². The number of thiophene rings is 1. The van der Waals surface area contributed by atoms with Crippen LogP contribution in [0.15, 0.2) is 12.1 Å². The Hall–Kier alpha value is -1.40. The average Bonchev–Trinajstić information content (AvgIpc) is 2.66. The Labute approximate surface area is 97.0 Å². The van der Waals surface area contributed by atoms with Crippen molar-refractivity contribution in [2.45, 2.75) is 13.0 Å². The van der Waals surface area contributed by atoms with Crippen molar-refractivity contribution in [2.75, 3.05) is 13.7 Å². The van der Waals surface area contributed by atoms with E-state index in [2.05, 4.69) is 5.32 Å². The molecule has 0 fully saturated rings. The van der Waals surface area contributed by atoms with Crippen LogP contribution in [-0.2, 0) is 4.74 Å². The number of carbonyl (C=O) groups excluding carboxylic acids is 1. The van der Waals surface area contributed by atoms with Crippen LogP contribution in [0.3, 0.4) is 0 Å². The Morgan fingerprint density at radius 3 is 2.62 bits per heavy atom. The van der Waals surface area contributed by atoms with Crippen LogP contribution in [0, 0.1) is 0 Å². The van der Waals surface area contributed by atoms with Gasteiger partial charge in [-0.15, -0.1) is 11.3 Å². The molecule has 0 bridgehead atoms. The summed E-state index contributed by atoms with van der Waals surface area (Å²) in [5, 5.41) is 11.4. The van der Waals surface area contributed by atoms with E-state index in [9.17, 15) is 9.59 Å². The summed E-state index contributed by atoms with van der Waals surface area (Å²) in [7, 11) is 1.55. The van der Waals surface area contributed by atoms with E-state index < -0.39 is 5.97 Å². The quantitative estimate of drug-likeness (QED) is 0.815. The monoisotopic (exact) mass is 243 g/mol. The minimum Gasteiger partial charge on any atom is -0.477 e. The molecule has 0 aliphatic carbocycles. The lowest BCUT2D eigenvalue weighted by Crippen LogP contribution is -2.35. The molecule has 1 unspecified atom stereocenters. The molecule has 1 rings (SSSR count). The first-order valence-corrected chi connectivity index (χ1v) is 5.49. The zero-order valence-corrected chi connectivity index (χ0v) is 9.84. The number of hydrogen-bond acceptors (Lipinski definition) is 4. The summed E-state index contributed by atoms with van der Waals surface area (Å²) in [6.07, 6.45) is 0. The normalized spacial score (nSPS) is 12.1. The number of carboxylic acid groups (broad SMARTS) is 1. The van der Waals surface area contributed by atoms with Crippen molar-refractivity contribution < 1.29 is 19.4 Å². The predicted molar refractivity (Wildman–Crippen MR) is 60.1 cm³/mol. The van der Waals surface area contributed by atoms with E-state index in [0.717, 1.165) is 11.3 Å². The first-order chi connectivity index (χ1) is 7.54. The fraction of sp³-hybridized carbons (Fsp3) is 0.400. The third kappa shape index (κ3) is 3.32. The maximum Gasteiger partial charge on any atom is 0.345 e. The highest BCUT2D eigenvalue weighted by atomic mass is 32.1. The summed E-state index contributed by atoms with van der Waals surface area (Å²) in [6, 6.07) is 2.82. The number of methoxy groups -OCH3 is 1. The summed E-state index contributed by atoms with van der Waals surface area (Å²) < 4.78 is 4.88. The zero-order chi connectivity index (χ0) is 12.1. The van der Waals surface area contributed by atoms with Crippen LogP contribution in [0.4, 0.5) is 0 Å². The molecule has 88 valence electrons. The molecule has 1 atom stereocenters. The maximum atomic E-state index is 11.6. The SMILES string of the molecule is COCC(C)NC(=O)c1ccc(C(=O)O)s1. The molecule has 2 N–H and O–H groups in total. The van der Waals surface area contributed by atoms with Gasteiger partial charge in [0.25, 0.3) is 5.91 Å². The van der Waals surface area contributed by atoms with E-state index >= 15 is 0 Å². The van der Waals surface area contributed by atoms with E-state index in [1.807, 2.05) is 6.92 Å². The van der Waals surface area contributed by atoms with Crippen LogP contribution in [0.25, 0.3) is 0 Å². The van der Waals surface area contributed by atoms with Crippen LogP contribution < -0.4 is 5.32 Å². The number of ether oxygens (including phenoxy) is 1. The third-order valence-corrected chi connectivity index (χ3v) is 2.91. The second-order valence-corrected chi connectivity index (χ2v) is 4.38. The molecule has 6 heteroatoms. The number of carbonyl (C=O) groups is 2. The summed E-state index contributed by atoms with van der Waals surface area (Å²) >= 11 is 0.957. The lowest BCUT2D eigenvalue weighted by Gasteiger charge is -2.11. The molecule has 0 saturated carbocycles. The predicted octanol–water partition coefficient (Wildman–Crippen LogP) is 1.21. The molecule has 1 heterocycles. The lowest BCUT2D eigenvalue weighted by molar-refractivity contribution is 0.0702. The molecule has 5 nitrogen and oxygen atoms in total. The van der Waals surface area contributed by atoms with Crippen molar-refractivity contribution in [1.29, 1.82) is 0 Å². The van der Waals surface area contributed by atoms with Gasteiger partial charge in [0.1, 0.15) is 4.88 Å². The summed E-state index contributed by atoms with van der Waals surface area (Å²) in [4.78, 5) is 22.8. The van der Waals surface area contributed by atoms with Gasteiger partial charge in [-0.2, -0.15) is 0 Å². The van der Waals surface area contributed by atoms with E-state index in [-0.39, 0.29) is 16.8 Å². The molecule has 16 heavy (non-hydrogen) atoms. The summed E-state index contributed by atoms with van der Waals surface area (Å²) in [6.45, 7) is 2.23. The fourth-order valence-electron chi connectivity index (χ4n) is 1.16. The maximum absolute atomic E-state index is 11.6. The van der Waals surface area contributed by atoms with Gasteiger partial charge < -0.3 is 15.2 Å². The molecule has 0 aliphatic rings. The Morgan fingerprint density at radius 1 is 1.50 bits per heavy atom. The molecule has 0 aromatic carbocycles. The number of nitrogens with one attached hydrogen (secondary N) is 1. The van der Waals surface area contributed by atoms with Gasteiger partial charge in [-0.1, -0.05) is 0 Å². The van der Waals surface area contributed by atoms with Crippen LogP contribution in [-0.4, -0.2) is 36.7 Å². The molecule has 0 radical (unpaired) electrons. The zero-order valence-electron chi connectivity index (χ0n) is 9.02. The van der Waals surface area contributed by atoms with Crippen molar-refractivity contribution in [3.63, 3.8) is 0 Å². The highest BCUT2D eigenvalue weighted by molar-refractivity contribution is 7.15. The smallest absolute Gasteiger partial charge is 0.345 e. The van der Waals surface area contributed by atoms with Crippen molar-refractivity contribution in [3.05, 3.63) is 21.9 Å². The van der Waals surface area contributed by atoms with Crippen LogP contribution in [0.5, 0.6) is 0 Å². The van der Waals surface area contributed by atoms with Gasteiger partial charge in [0.15, 0.2) is 0 Å². The molecule has 1 aromatic heterocycles. The van der Waals surface area contributed by atoms with Gasteiger partial charge >= 0.3 is 5.97 Å². The molecular formula is C10H13NO4S. The largest absolute Gasteiger partial charge is 0.477 e. The second kappa shape index (κ2) is 5.62. The summed E-state index contributed by atoms with van der Waals surface area (Å²) in [5.74, 6) is -1.30. The van der Waals surface area contributed by atoms with E-state index in [0.29, 0.717) is 11.5 Å². The third-order valence-electron chi connectivity index (χ3n) is 1.83. The molecule has 0 spiro atoms. The first-order valence-electron chi connectivity index (χ1n) is 4.67. The molecule has 0 aliphatic heterocycles. The average molecular weight is 243 g/mol. The highest BCUT2D eigenvalue weighted by Gasteiger charge is 2.14. The van der Waals surface area contributed by atoms with E-state index in [1.165, 1.54) is 12.1 Å². The van der Waals surface area contributed by atoms with E-state index in [4.69, 9.17) is 9.84 Å². The van der Waals surface area contributed by atoms with Crippen LogP contribution in [0.2, 0.25) is 0 Å².